The van der Waals surface area contributed by atoms with E-state index in [0.717, 1.165) is 6.42 Å². The zero-order valence-electron chi connectivity index (χ0n) is 7.91. The summed E-state index contributed by atoms with van der Waals surface area (Å²) in [6, 6.07) is 3.68. The molecule has 76 valence electrons. The Labute approximate surface area is 82.5 Å². The minimum atomic E-state index is -0.343. The molecule has 0 radical (unpaired) electrons. The summed E-state index contributed by atoms with van der Waals surface area (Å²) < 4.78 is 12.9. The van der Waals surface area contributed by atoms with Crippen LogP contribution in [0.1, 0.15) is 30.9 Å². The van der Waals surface area contributed by atoms with Crippen LogP contribution in [0.2, 0.25) is 0 Å². The monoisotopic (exact) mass is 195 g/mol. The second-order valence-corrected chi connectivity index (χ2v) is 3.99. The van der Waals surface area contributed by atoms with Gasteiger partial charge >= 0.3 is 0 Å². The topological polar surface area (TPSA) is 46.2 Å². The van der Waals surface area contributed by atoms with Gasteiger partial charge in [0.15, 0.2) is 0 Å². The first kappa shape index (κ1) is 9.46. The summed E-state index contributed by atoms with van der Waals surface area (Å²) in [6.45, 7) is 0. The van der Waals surface area contributed by atoms with E-state index in [1.165, 1.54) is 31.0 Å². The van der Waals surface area contributed by atoms with Crippen LogP contribution >= 0.6 is 0 Å². The number of halogens is 1. The molecule has 0 spiro atoms. The lowest BCUT2D eigenvalue weighted by Gasteiger charge is -2.12. The predicted octanol–water partition coefficient (Wildman–Crippen LogP) is 2.33. The van der Waals surface area contributed by atoms with E-state index in [4.69, 9.17) is 5.73 Å². The third-order valence-electron chi connectivity index (χ3n) is 2.67. The smallest absolute Gasteiger partial charge is 0.123 e. The van der Waals surface area contributed by atoms with Gasteiger partial charge in [-0.2, -0.15) is 0 Å². The lowest BCUT2D eigenvalue weighted by atomic mass is 10.0. The van der Waals surface area contributed by atoms with Crippen molar-refractivity contribution in [2.45, 2.75) is 25.3 Å². The Morgan fingerprint density at radius 2 is 2.21 bits per heavy atom. The summed E-state index contributed by atoms with van der Waals surface area (Å²) in [5.74, 6) is 0.427. The maximum absolute atomic E-state index is 12.9. The number of phenols is 1. The van der Waals surface area contributed by atoms with Gasteiger partial charge in [0.05, 0.1) is 0 Å². The van der Waals surface area contributed by atoms with Crippen LogP contribution in [-0.4, -0.2) is 5.11 Å². The highest BCUT2D eigenvalue weighted by atomic mass is 19.1. The molecule has 1 aromatic rings. The summed E-state index contributed by atoms with van der Waals surface area (Å²) >= 11 is 0. The summed E-state index contributed by atoms with van der Waals surface area (Å²) in [5, 5.41) is 9.49. The molecule has 2 nitrogen and oxygen atoms in total. The molecule has 0 unspecified atom stereocenters. The molecule has 1 aromatic carbocycles. The molecule has 0 heterocycles. The Morgan fingerprint density at radius 1 is 1.50 bits per heavy atom. The predicted molar refractivity (Wildman–Crippen MR) is 52.3 cm³/mol. The van der Waals surface area contributed by atoms with E-state index in [1.807, 2.05) is 0 Å². The molecule has 1 saturated carbocycles. The van der Waals surface area contributed by atoms with E-state index in [1.54, 1.807) is 0 Å². The van der Waals surface area contributed by atoms with Crippen molar-refractivity contribution in [1.82, 2.24) is 0 Å². The van der Waals surface area contributed by atoms with E-state index in [-0.39, 0.29) is 17.6 Å². The highest BCUT2D eigenvalue weighted by Crippen LogP contribution is 2.38. The molecular formula is C11H14FNO. The van der Waals surface area contributed by atoms with Gasteiger partial charge in [0.1, 0.15) is 11.6 Å². The molecule has 3 N–H and O–H groups in total. The minimum absolute atomic E-state index is 0.0968. The van der Waals surface area contributed by atoms with Gasteiger partial charge in [0.2, 0.25) is 0 Å². The van der Waals surface area contributed by atoms with Crippen molar-refractivity contribution in [2.75, 3.05) is 0 Å². The second-order valence-electron chi connectivity index (χ2n) is 3.99. The molecule has 0 bridgehead atoms. The fourth-order valence-corrected chi connectivity index (χ4v) is 1.66. The van der Waals surface area contributed by atoms with Gasteiger partial charge in [0.25, 0.3) is 0 Å². The van der Waals surface area contributed by atoms with Crippen LogP contribution in [0.25, 0.3) is 0 Å². The van der Waals surface area contributed by atoms with Gasteiger partial charge in [-0.1, -0.05) is 12.8 Å². The summed E-state index contributed by atoms with van der Waals surface area (Å²) in [7, 11) is 0. The summed E-state index contributed by atoms with van der Waals surface area (Å²) in [4.78, 5) is 0. The highest BCUT2D eigenvalue weighted by Gasteiger charge is 2.25. The maximum Gasteiger partial charge on any atom is 0.123 e. The molecule has 2 rings (SSSR count). The summed E-state index contributed by atoms with van der Waals surface area (Å²) in [6.07, 6.45) is 3.27. The van der Waals surface area contributed by atoms with Crippen LogP contribution in [0.3, 0.4) is 0 Å². The Hall–Kier alpha value is -1.09. The van der Waals surface area contributed by atoms with Crippen molar-refractivity contribution in [3.8, 4) is 5.75 Å². The zero-order valence-corrected chi connectivity index (χ0v) is 7.91. The maximum atomic E-state index is 12.9. The molecule has 0 amide bonds. The van der Waals surface area contributed by atoms with Crippen LogP contribution in [0.5, 0.6) is 5.75 Å². The number of phenolic OH excluding ortho intramolecular Hbond substituents is 1. The molecule has 14 heavy (non-hydrogen) atoms. The average molecular weight is 195 g/mol. The van der Waals surface area contributed by atoms with E-state index in [9.17, 15) is 9.50 Å². The molecule has 0 aromatic heterocycles. The third kappa shape index (κ3) is 2.04. The zero-order chi connectivity index (χ0) is 10.1. The fourth-order valence-electron chi connectivity index (χ4n) is 1.66. The van der Waals surface area contributed by atoms with E-state index < -0.39 is 0 Å². The summed E-state index contributed by atoms with van der Waals surface area (Å²) in [5.41, 5.74) is 6.40. The Balaban J connectivity index is 2.15. The molecule has 3 heteroatoms. The van der Waals surface area contributed by atoms with Crippen molar-refractivity contribution < 1.29 is 9.50 Å². The van der Waals surface area contributed by atoms with Gasteiger partial charge in [-0.25, -0.2) is 4.39 Å². The average Bonchev–Trinajstić information content (AvgIpc) is 2.93. The van der Waals surface area contributed by atoms with Crippen LogP contribution in [0.4, 0.5) is 4.39 Å². The van der Waals surface area contributed by atoms with E-state index in [2.05, 4.69) is 0 Å². The van der Waals surface area contributed by atoms with Crippen LogP contribution in [-0.2, 0) is 0 Å². The first-order valence-electron chi connectivity index (χ1n) is 4.91. The SMILES string of the molecule is N[C@H](CC1CC1)c1cc(F)ccc1O. The van der Waals surface area contributed by atoms with E-state index in [0.29, 0.717) is 11.5 Å². The van der Waals surface area contributed by atoms with Gasteiger partial charge in [-0.15, -0.1) is 0 Å². The fraction of sp³-hybridized carbons (Fsp3) is 0.455. The Morgan fingerprint density at radius 3 is 2.86 bits per heavy atom. The second kappa shape index (κ2) is 3.58. The number of benzene rings is 1. The van der Waals surface area contributed by atoms with Crippen LogP contribution in [0, 0.1) is 11.7 Å². The Bertz CT molecular complexity index is 336. The van der Waals surface area contributed by atoms with Crippen LogP contribution in [0.15, 0.2) is 18.2 Å². The molecule has 0 aliphatic heterocycles. The largest absolute Gasteiger partial charge is 0.508 e. The molecule has 1 aliphatic carbocycles. The van der Waals surface area contributed by atoms with Gasteiger partial charge < -0.3 is 10.8 Å². The first-order chi connectivity index (χ1) is 6.66. The third-order valence-corrected chi connectivity index (χ3v) is 2.67. The van der Waals surface area contributed by atoms with Crippen molar-refractivity contribution in [1.29, 1.82) is 0 Å². The lowest BCUT2D eigenvalue weighted by Crippen LogP contribution is -2.11. The molecule has 1 aliphatic rings. The van der Waals surface area contributed by atoms with Crippen LogP contribution < -0.4 is 5.73 Å². The molecule has 1 atom stereocenters. The standard InChI is InChI=1S/C11H14FNO/c12-8-3-4-11(14)9(6-8)10(13)5-7-1-2-7/h3-4,6-7,10,14H,1-2,5,13H2/t10-/m1/s1. The normalized spacial score (nSPS) is 18.1. The van der Waals surface area contributed by atoms with Crippen molar-refractivity contribution in [3.63, 3.8) is 0 Å². The lowest BCUT2D eigenvalue weighted by molar-refractivity contribution is 0.452. The number of hydrogen-bond acceptors (Lipinski definition) is 2. The van der Waals surface area contributed by atoms with Crippen molar-refractivity contribution in [3.05, 3.63) is 29.6 Å². The van der Waals surface area contributed by atoms with Gasteiger partial charge in [-0.3, -0.25) is 0 Å². The molecule has 0 saturated heterocycles. The van der Waals surface area contributed by atoms with E-state index >= 15 is 0 Å². The van der Waals surface area contributed by atoms with Gasteiger partial charge in [0, 0.05) is 11.6 Å². The minimum Gasteiger partial charge on any atom is -0.508 e. The highest BCUT2D eigenvalue weighted by molar-refractivity contribution is 5.35. The number of rotatable bonds is 3. The number of nitrogens with two attached hydrogens (primary N) is 1. The Kier molecular flexibility index (Phi) is 2.42. The molecular weight excluding hydrogens is 181 g/mol. The number of hydrogen-bond donors (Lipinski definition) is 2. The van der Waals surface area contributed by atoms with Crippen molar-refractivity contribution in [2.24, 2.45) is 11.7 Å². The first-order valence-corrected chi connectivity index (χ1v) is 4.91. The number of aromatic hydroxyl groups is 1. The van der Waals surface area contributed by atoms with Gasteiger partial charge in [-0.05, 0) is 30.5 Å². The van der Waals surface area contributed by atoms with Crippen molar-refractivity contribution >= 4 is 0 Å². The quantitative estimate of drug-likeness (QED) is 0.777. The molecule has 1 fully saturated rings.